The molecule has 1 fully saturated rings. The molecule has 1 N–H and O–H groups in total. The van der Waals surface area contributed by atoms with E-state index in [0.29, 0.717) is 11.3 Å². The minimum atomic E-state index is -0.144. The third kappa shape index (κ3) is 4.26. The predicted molar refractivity (Wildman–Crippen MR) is 124 cm³/mol. The predicted octanol–water partition coefficient (Wildman–Crippen LogP) is 5.59. The molecule has 0 bridgehead atoms. The summed E-state index contributed by atoms with van der Waals surface area (Å²) in [5, 5.41) is 2.86. The molecule has 3 aromatic rings. The third-order valence-electron chi connectivity index (χ3n) is 5.21. The number of nitrogens with zero attached hydrogens (tertiary/aromatic N) is 1. The fourth-order valence-corrected chi connectivity index (χ4v) is 4.72. The molecular formula is C25H24N2O2S. The minimum Gasteiger partial charge on any atom is -0.322 e. The maximum absolute atomic E-state index is 12.7. The number of hydrogen-bond acceptors (Lipinski definition) is 3. The Hall–Kier alpha value is -3.05. The van der Waals surface area contributed by atoms with Crippen LogP contribution in [0, 0.1) is 6.92 Å². The highest BCUT2D eigenvalue weighted by molar-refractivity contribution is 8.00. The largest absolute Gasteiger partial charge is 0.322 e. The summed E-state index contributed by atoms with van der Waals surface area (Å²) in [6.45, 7) is 4.10. The number of benzene rings is 3. The lowest BCUT2D eigenvalue weighted by Crippen LogP contribution is -2.28. The van der Waals surface area contributed by atoms with Gasteiger partial charge in [-0.15, -0.1) is 11.8 Å². The minimum absolute atomic E-state index is 0.104. The lowest BCUT2D eigenvalue weighted by Gasteiger charge is -2.25. The van der Waals surface area contributed by atoms with E-state index in [1.54, 1.807) is 11.8 Å². The van der Waals surface area contributed by atoms with Crippen LogP contribution in [0.1, 0.15) is 39.3 Å². The molecule has 3 aromatic carbocycles. The van der Waals surface area contributed by atoms with Gasteiger partial charge in [0.15, 0.2) is 0 Å². The Balaban J connectivity index is 1.58. The maximum Gasteiger partial charge on any atom is 0.255 e. The SMILES string of the molecule is CCc1cccc(N2C(=O)CSC2c2cccc(NC(=O)c3ccc(C)cc3)c2)c1. The van der Waals surface area contributed by atoms with E-state index in [1.807, 2.05) is 72.5 Å². The molecule has 1 unspecified atom stereocenters. The normalized spacial score (nSPS) is 16.0. The van der Waals surface area contributed by atoms with Gasteiger partial charge in [0, 0.05) is 16.9 Å². The van der Waals surface area contributed by atoms with Gasteiger partial charge in [0.25, 0.3) is 5.91 Å². The van der Waals surface area contributed by atoms with E-state index < -0.39 is 0 Å². The molecule has 0 spiro atoms. The number of carbonyl (C=O) groups is 2. The van der Waals surface area contributed by atoms with Crippen LogP contribution in [0.5, 0.6) is 0 Å². The van der Waals surface area contributed by atoms with Crippen LogP contribution in [0.2, 0.25) is 0 Å². The van der Waals surface area contributed by atoms with Crippen LogP contribution < -0.4 is 10.2 Å². The average Bonchev–Trinajstić information content (AvgIpc) is 3.16. The zero-order valence-electron chi connectivity index (χ0n) is 17.1. The molecule has 0 saturated carbocycles. The van der Waals surface area contributed by atoms with Crippen molar-refractivity contribution < 1.29 is 9.59 Å². The van der Waals surface area contributed by atoms with Crippen molar-refractivity contribution in [1.82, 2.24) is 0 Å². The molecule has 30 heavy (non-hydrogen) atoms. The van der Waals surface area contributed by atoms with Crippen LogP contribution >= 0.6 is 11.8 Å². The summed E-state index contributed by atoms with van der Waals surface area (Å²) in [4.78, 5) is 27.1. The van der Waals surface area contributed by atoms with Crippen LogP contribution in [0.25, 0.3) is 0 Å². The van der Waals surface area contributed by atoms with Gasteiger partial charge in [0.2, 0.25) is 5.91 Å². The third-order valence-corrected chi connectivity index (χ3v) is 6.42. The molecule has 2 amide bonds. The zero-order valence-corrected chi connectivity index (χ0v) is 17.9. The second-order valence-electron chi connectivity index (χ2n) is 7.40. The Kier molecular flexibility index (Phi) is 5.91. The van der Waals surface area contributed by atoms with Crippen molar-refractivity contribution in [1.29, 1.82) is 0 Å². The molecule has 4 nitrogen and oxygen atoms in total. The molecule has 5 heteroatoms. The van der Waals surface area contributed by atoms with Crippen molar-refractivity contribution in [3.05, 3.63) is 95.1 Å². The number of carbonyl (C=O) groups excluding carboxylic acids is 2. The molecule has 0 aliphatic carbocycles. The Morgan fingerprint density at radius 1 is 1.07 bits per heavy atom. The summed E-state index contributed by atoms with van der Waals surface area (Å²) in [6, 6.07) is 23.4. The van der Waals surface area contributed by atoms with E-state index in [1.165, 1.54) is 5.56 Å². The monoisotopic (exact) mass is 416 g/mol. The van der Waals surface area contributed by atoms with Gasteiger partial charge in [-0.25, -0.2) is 0 Å². The molecule has 0 aromatic heterocycles. The quantitative estimate of drug-likeness (QED) is 0.590. The Bertz CT molecular complexity index is 1080. The molecular weight excluding hydrogens is 392 g/mol. The van der Waals surface area contributed by atoms with Crippen molar-refractivity contribution in [2.75, 3.05) is 16.0 Å². The first-order chi connectivity index (χ1) is 14.5. The van der Waals surface area contributed by atoms with E-state index >= 15 is 0 Å². The van der Waals surface area contributed by atoms with Gasteiger partial charge in [-0.2, -0.15) is 0 Å². The summed E-state index contributed by atoms with van der Waals surface area (Å²) in [5.41, 5.74) is 5.58. The van der Waals surface area contributed by atoms with Gasteiger partial charge in [-0.05, 0) is 60.9 Å². The van der Waals surface area contributed by atoms with Crippen LogP contribution in [-0.4, -0.2) is 17.6 Å². The highest BCUT2D eigenvalue weighted by Gasteiger charge is 2.34. The van der Waals surface area contributed by atoms with Gasteiger partial charge in [0.1, 0.15) is 5.37 Å². The summed E-state index contributed by atoms with van der Waals surface area (Å²) in [6.07, 6.45) is 0.925. The number of thioether (sulfide) groups is 1. The van der Waals surface area contributed by atoms with Crippen LogP contribution in [0.3, 0.4) is 0 Å². The number of nitrogens with one attached hydrogen (secondary N) is 1. The van der Waals surface area contributed by atoms with E-state index in [9.17, 15) is 9.59 Å². The van der Waals surface area contributed by atoms with Gasteiger partial charge in [-0.1, -0.05) is 48.9 Å². The number of anilines is 2. The molecule has 4 rings (SSSR count). The summed E-state index contributed by atoms with van der Waals surface area (Å²) in [7, 11) is 0. The number of hydrogen-bond donors (Lipinski definition) is 1. The molecule has 1 heterocycles. The molecule has 152 valence electrons. The molecule has 0 radical (unpaired) electrons. The van der Waals surface area contributed by atoms with Crippen molar-refractivity contribution in [3.63, 3.8) is 0 Å². The topological polar surface area (TPSA) is 49.4 Å². The van der Waals surface area contributed by atoms with Gasteiger partial charge in [-0.3, -0.25) is 14.5 Å². The first kappa shape index (κ1) is 20.2. The smallest absolute Gasteiger partial charge is 0.255 e. The Morgan fingerprint density at radius 3 is 2.60 bits per heavy atom. The van der Waals surface area contributed by atoms with Crippen molar-refractivity contribution in [2.45, 2.75) is 25.6 Å². The Morgan fingerprint density at radius 2 is 1.83 bits per heavy atom. The summed E-state index contributed by atoms with van der Waals surface area (Å²) < 4.78 is 0. The standard InChI is InChI=1S/C25H24N2O2S/c1-3-18-6-4-9-22(14-18)27-23(28)16-30-25(27)20-7-5-8-21(15-20)26-24(29)19-12-10-17(2)11-13-19/h4-15,25H,3,16H2,1-2H3,(H,26,29). The lowest BCUT2D eigenvalue weighted by atomic mass is 10.1. The van der Waals surface area contributed by atoms with Crippen molar-refractivity contribution >= 4 is 35.0 Å². The van der Waals surface area contributed by atoms with E-state index in [4.69, 9.17) is 0 Å². The average molecular weight is 417 g/mol. The highest BCUT2D eigenvalue weighted by atomic mass is 32.2. The van der Waals surface area contributed by atoms with E-state index in [2.05, 4.69) is 24.4 Å². The first-order valence-electron chi connectivity index (χ1n) is 10.1. The first-order valence-corrected chi connectivity index (χ1v) is 11.1. The lowest BCUT2D eigenvalue weighted by molar-refractivity contribution is -0.115. The van der Waals surface area contributed by atoms with Crippen molar-refractivity contribution in [2.24, 2.45) is 0 Å². The van der Waals surface area contributed by atoms with Crippen LogP contribution in [0.4, 0.5) is 11.4 Å². The molecule has 1 saturated heterocycles. The fraction of sp³-hybridized carbons (Fsp3) is 0.200. The van der Waals surface area contributed by atoms with E-state index in [0.717, 1.165) is 28.9 Å². The highest BCUT2D eigenvalue weighted by Crippen LogP contribution is 2.42. The maximum atomic E-state index is 12.7. The molecule has 1 aliphatic rings. The molecule has 1 aliphatic heterocycles. The summed E-state index contributed by atoms with van der Waals surface area (Å²) >= 11 is 1.61. The second kappa shape index (κ2) is 8.76. The zero-order chi connectivity index (χ0) is 21.1. The van der Waals surface area contributed by atoms with Crippen molar-refractivity contribution in [3.8, 4) is 0 Å². The number of aryl methyl sites for hydroxylation is 2. The number of rotatable bonds is 5. The van der Waals surface area contributed by atoms with Gasteiger partial charge >= 0.3 is 0 Å². The summed E-state index contributed by atoms with van der Waals surface area (Å²) in [5.74, 6) is 0.406. The van der Waals surface area contributed by atoms with E-state index in [-0.39, 0.29) is 17.2 Å². The van der Waals surface area contributed by atoms with Gasteiger partial charge in [0.05, 0.1) is 5.75 Å². The Labute approximate surface area is 181 Å². The van der Waals surface area contributed by atoms with Crippen LogP contribution in [0.15, 0.2) is 72.8 Å². The second-order valence-corrected chi connectivity index (χ2v) is 8.46. The van der Waals surface area contributed by atoms with Gasteiger partial charge < -0.3 is 5.32 Å². The fourth-order valence-electron chi connectivity index (χ4n) is 3.55. The number of amides is 2. The molecule has 1 atom stereocenters. The van der Waals surface area contributed by atoms with Crippen LogP contribution in [-0.2, 0) is 11.2 Å².